The van der Waals surface area contributed by atoms with Gasteiger partial charge >= 0.3 is 0 Å². The van der Waals surface area contributed by atoms with Gasteiger partial charge in [-0.05, 0) is 17.7 Å². The standard InChI is InChI=1S/C6H11NOS/c1-2-6(3-8)4-9-5-7/h6,8H,2-4H2,1H3. The number of aliphatic hydroxyl groups excluding tert-OH is 1. The number of aliphatic hydroxyl groups is 1. The van der Waals surface area contributed by atoms with Crippen LogP contribution in [0, 0.1) is 16.6 Å². The molecule has 0 aromatic heterocycles. The zero-order chi connectivity index (χ0) is 7.11. The largest absolute Gasteiger partial charge is 0.396 e. The van der Waals surface area contributed by atoms with E-state index in [9.17, 15) is 0 Å². The van der Waals surface area contributed by atoms with Crippen molar-refractivity contribution in [3.63, 3.8) is 0 Å². The molecule has 0 aliphatic heterocycles. The Bertz CT molecular complexity index is 95.7. The Kier molecular flexibility index (Phi) is 5.80. The van der Waals surface area contributed by atoms with Crippen LogP contribution in [-0.2, 0) is 0 Å². The van der Waals surface area contributed by atoms with E-state index in [0.717, 1.165) is 12.2 Å². The maximum absolute atomic E-state index is 8.63. The Morgan fingerprint density at radius 3 is 2.78 bits per heavy atom. The molecule has 0 bridgehead atoms. The van der Waals surface area contributed by atoms with E-state index in [1.807, 2.05) is 12.3 Å². The van der Waals surface area contributed by atoms with E-state index < -0.39 is 0 Å². The molecule has 0 aliphatic carbocycles. The summed E-state index contributed by atoms with van der Waals surface area (Å²) in [6.07, 6.45) is 0.950. The van der Waals surface area contributed by atoms with Crippen molar-refractivity contribution < 1.29 is 5.11 Å². The Morgan fingerprint density at radius 2 is 2.44 bits per heavy atom. The third-order valence-electron chi connectivity index (χ3n) is 1.22. The summed E-state index contributed by atoms with van der Waals surface area (Å²) in [6.45, 7) is 2.21. The minimum absolute atomic E-state index is 0.200. The molecule has 0 rings (SSSR count). The lowest BCUT2D eigenvalue weighted by Gasteiger charge is -2.05. The van der Waals surface area contributed by atoms with Crippen LogP contribution in [0.25, 0.3) is 0 Å². The third-order valence-corrected chi connectivity index (χ3v) is 1.99. The van der Waals surface area contributed by atoms with Gasteiger partial charge in [0.25, 0.3) is 0 Å². The number of nitrogens with zero attached hydrogens (tertiary/aromatic N) is 1. The molecule has 3 heteroatoms. The summed E-state index contributed by atoms with van der Waals surface area (Å²) in [5, 5.41) is 18.7. The molecular formula is C6H11NOS. The average molecular weight is 145 g/mol. The summed E-state index contributed by atoms with van der Waals surface area (Å²) in [4.78, 5) is 0. The van der Waals surface area contributed by atoms with Gasteiger partial charge in [-0.2, -0.15) is 5.26 Å². The first-order valence-corrected chi connectivity index (χ1v) is 3.95. The second-order valence-electron chi connectivity index (χ2n) is 1.86. The van der Waals surface area contributed by atoms with Crippen LogP contribution >= 0.6 is 11.8 Å². The van der Waals surface area contributed by atoms with Gasteiger partial charge < -0.3 is 5.11 Å². The van der Waals surface area contributed by atoms with Crippen LogP contribution in [0.15, 0.2) is 0 Å². The van der Waals surface area contributed by atoms with Gasteiger partial charge in [0, 0.05) is 12.4 Å². The first-order chi connectivity index (χ1) is 4.35. The second-order valence-corrected chi connectivity index (χ2v) is 2.66. The quantitative estimate of drug-likeness (QED) is 0.605. The van der Waals surface area contributed by atoms with Crippen LogP contribution in [0.1, 0.15) is 13.3 Å². The van der Waals surface area contributed by atoms with E-state index in [1.165, 1.54) is 11.8 Å². The monoisotopic (exact) mass is 145 g/mol. The molecule has 9 heavy (non-hydrogen) atoms. The Morgan fingerprint density at radius 1 is 1.78 bits per heavy atom. The molecule has 0 amide bonds. The highest BCUT2D eigenvalue weighted by molar-refractivity contribution is 8.03. The van der Waals surface area contributed by atoms with Gasteiger partial charge in [0.1, 0.15) is 5.40 Å². The number of thiocyanates is 1. The van der Waals surface area contributed by atoms with Crippen molar-refractivity contribution >= 4 is 11.8 Å². The van der Waals surface area contributed by atoms with Crippen LogP contribution < -0.4 is 0 Å². The smallest absolute Gasteiger partial charge is 0.133 e. The molecular weight excluding hydrogens is 134 g/mol. The third kappa shape index (κ3) is 4.31. The molecule has 0 aliphatic rings. The fraction of sp³-hybridized carbons (Fsp3) is 0.833. The van der Waals surface area contributed by atoms with E-state index in [0.29, 0.717) is 5.92 Å². The van der Waals surface area contributed by atoms with Gasteiger partial charge in [-0.1, -0.05) is 13.3 Å². The Hall–Kier alpha value is -0.200. The van der Waals surface area contributed by atoms with Gasteiger partial charge in [-0.25, -0.2) is 0 Å². The van der Waals surface area contributed by atoms with Gasteiger partial charge in [0.05, 0.1) is 0 Å². The van der Waals surface area contributed by atoms with Gasteiger partial charge in [-0.3, -0.25) is 0 Å². The molecule has 1 N–H and O–H groups in total. The summed E-state index contributed by atoms with van der Waals surface area (Å²) in [7, 11) is 0. The topological polar surface area (TPSA) is 44.0 Å². The SMILES string of the molecule is CCC(CO)CSC#N. The lowest BCUT2D eigenvalue weighted by molar-refractivity contribution is 0.237. The molecule has 0 aromatic rings. The highest BCUT2D eigenvalue weighted by Gasteiger charge is 2.02. The summed E-state index contributed by atoms with van der Waals surface area (Å²) >= 11 is 1.21. The van der Waals surface area contributed by atoms with E-state index in [4.69, 9.17) is 10.4 Å². The number of nitriles is 1. The predicted octanol–water partition coefficient (Wildman–Crippen LogP) is 1.22. The lowest BCUT2D eigenvalue weighted by atomic mass is 10.1. The maximum atomic E-state index is 8.63. The summed E-state index contributed by atoms with van der Waals surface area (Å²) in [5.41, 5.74) is 0. The molecule has 0 spiro atoms. The Balaban J connectivity index is 3.22. The first-order valence-electron chi connectivity index (χ1n) is 2.96. The van der Waals surface area contributed by atoms with Crippen molar-refractivity contribution in [1.29, 1.82) is 5.26 Å². The van der Waals surface area contributed by atoms with Crippen LogP contribution in [-0.4, -0.2) is 17.5 Å². The van der Waals surface area contributed by atoms with Crippen molar-refractivity contribution in [2.75, 3.05) is 12.4 Å². The molecule has 0 saturated heterocycles. The van der Waals surface area contributed by atoms with E-state index in [-0.39, 0.29) is 6.61 Å². The van der Waals surface area contributed by atoms with Crippen molar-refractivity contribution in [3.8, 4) is 5.40 Å². The molecule has 52 valence electrons. The zero-order valence-electron chi connectivity index (χ0n) is 5.50. The lowest BCUT2D eigenvalue weighted by Crippen LogP contribution is -2.06. The molecule has 1 atom stereocenters. The summed E-state index contributed by atoms with van der Waals surface area (Å²) < 4.78 is 0. The molecule has 2 nitrogen and oxygen atoms in total. The molecule has 0 heterocycles. The highest BCUT2D eigenvalue weighted by Crippen LogP contribution is 2.09. The molecule has 0 aromatic carbocycles. The number of rotatable bonds is 4. The maximum Gasteiger partial charge on any atom is 0.133 e. The summed E-state index contributed by atoms with van der Waals surface area (Å²) in [5.74, 6) is 1.05. The number of hydrogen-bond donors (Lipinski definition) is 1. The average Bonchev–Trinajstić information content (AvgIpc) is 1.91. The zero-order valence-corrected chi connectivity index (χ0v) is 6.32. The normalized spacial score (nSPS) is 12.6. The van der Waals surface area contributed by atoms with Crippen molar-refractivity contribution in [2.45, 2.75) is 13.3 Å². The minimum atomic E-state index is 0.200. The first kappa shape index (κ1) is 8.80. The second kappa shape index (κ2) is 5.93. The molecule has 1 unspecified atom stereocenters. The molecule has 0 saturated carbocycles. The summed E-state index contributed by atoms with van der Waals surface area (Å²) in [6, 6.07) is 0. The van der Waals surface area contributed by atoms with Crippen LogP contribution in [0.4, 0.5) is 0 Å². The van der Waals surface area contributed by atoms with Crippen LogP contribution in [0.3, 0.4) is 0 Å². The van der Waals surface area contributed by atoms with E-state index in [1.54, 1.807) is 0 Å². The fourth-order valence-electron chi connectivity index (χ4n) is 0.455. The van der Waals surface area contributed by atoms with Crippen molar-refractivity contribution in [1.82, 2.24) is 0 Å². The van der Waals surface area contributed by atoms with Crippen LogP contribution in [0.2, 0.25) is 0 Å². The number of hydrogen-bond acceptors (Lipinski definition) is 3. The Labute approximate surface area is 59.9 Å². The predicted molar refractivity (Wildman–Crippen MR) is 38.9 cm³/mol. The van der Waals surface area contributed by atoms with E-state index in [2.05, 4.69) is 0 Å². The van der Waals surface area contributed by atoms with Crippen molar-refractivity contribution in [2.24, 2.45) is 5.92 Å². The van der Waals surface area contributed by atoms with Gasteiger partial charge in [0.2, 0.25) is 0 Å². The fourth-order valence-corrected chi connectivity index (χ4v) is 1.11. The molecule has 0 fully saturated rings. The van der Waals surface area contributed by atoms with Gasteiger partial charge in [0.15, 0.2) is 0 Å². The van der Waals surface area contributed by atoms with Crippen molar-refractivity contribution in [3.05, 3.63) is 0 Å². The van der Waals surface area contributed by atoms with Crippen LogP contribution in [0.5, 0.6) is 0 Å². The van der Waals surface area contributed by atoms with Gasteiger partial charge in [-0.15, -0.1) is 0 Å². The molecule has 0 radical (unpaired) electrons. The minimum Gasteiger partial charge on any atom is -0.396 e. The van der Waals surface area contributed by atoms with E-state index >= 15 is 0 Å². The highest BCUT2D eigenvalue weighted by atomic mass is 32.2. The number of thioether (sulfide) groups is 1.